The molecule has 1 rings (SSSR count). The highest BCUT2D eigenvalue weighted by Crippen LogP contribution is 2.20. The molecule has 20 heavy (non-hydrogen) atoms. The highest BCUT2D eigenvalue weighted by atomic mass is 35.5. The van der Waals surface area contributed by atoms with Crippen LogP contribution in [0.5, 0.6) is 0 Å². The molecule has 1 atom stereocenters. The van der Waals surface area contributed by atoms with Crippen molar-refractivity contribution < 1.29 is 9.90 Å². The zero-order valence-electron chi connectivity index (χ0n) is 12.5. The summed E-state index contributed by atoms with van der Waals surface area (Å²) in [4.78, 5) is 13.6. The Labute approximate surface area is 125 Å². The quantitative estimate of drug-likeness (QED) is 0.877. The molecule has 5 heteroatoms. The smallest absolute Gasteiger partial charge is 0.317 e. The molecule has 0 aliphatic carbocycles. The third-order valence-electron chi connectivity index (χ3n) is 2.93. The lowest BCUT2D eigenvalue weighted by Crippen LogP contribution is -2.45. The number of carbonyl (C=O) groups is 1. The average molecular weight is 299 g/mol. The topological polar surface area (TPSA) is 52.6 Å². The van der Waals surface area contributed by atoms with Crippen molar-refractivity contribution in [3.8, 4) is 0 Å². The summed E-state index contributed by atoms with van der Waals surface area (Å²) in [5, 5.41) is 13.3. The van der Waals surface area contributed by atoms with Gasteiger partial charge in [0, 0.05) is 12.1 Å². The lowest BCUT2D eigenvalue weighted by atomic mass is 10.0. The van der Waals surface area contributed by atoms with E-state index in [-0.39, 0.29) is 18.6 Å². The van der Waals surface area contributed by atoms with Crippen LogP contribution in [0, 0.1) is 0 Å². The molecule has 0 heterocycles. The van der Waals surface area contributed by atoms with Crippen molar-refractivity contribution in [2.75, 3.05) is 13.6 Å². The summed E-state index contributed by atoms with van der Waals surface area (Å²) in [5.74, 6) is 0. The number of nitrogens with one attached hydrogen (secondary N) is 1. The number of rotatable bonds is 5. The molecule has 0 aliphatic rings. The molecular weight excluding hydrogens is 276 g/mol. The van der Waals surface area contributed by atoms with Crippen LogP contribution < -0.4 is 5.32 Å². The fraction of sp³-hybridized carbons (Fsp3) is 0.533. The van der Waals surface area contributed by atoms with E-state index in [1.165, 1.54) is 4.90 Å². The number of likely N-dealkylation sites (N-methyl/N-ethyl adjacent to an activating group) is 1. The molecule has 0 saturated carbocycles. The summed E-state index contributed by atoms with van der Waals surface area (Å²) in [6.45, 7) is 5.61. The van der Waals surface area contributed by atoms with Crippen LogP contribution in [-0.4, -0.2) is 35.2 Å². The molecular formula is C15H23ClN2O2. The molecule has 0 fully saturated rings. The average Bonchev–Trinajstić information content (AvgIpc) is 2.33. The van der Waals surface area contributed by atoms with Crippen LogP contribution in [0.4, 0.5) is 4.79 Å². The first-order chi connectivity index (χ1) is 9.23. The van der Waals surface area contributed by atoms with Crippen LogP contribution in [0.3, 0.4) is 0 Å². The number of carbonyl (C=O) groups excluding carboxylic acids is 1. The van der Waals surface area contributed by atoms with Crippen LogP contribution in [0.25, 0.3) is 0 Å². The molecule has 112 valence electrons. The van der Waals surface area contributed by atoms with E-state index in [1.54, 1.807) is 27.0 Å². The zero-order chi connectivity index (χ0) is 15.3. The number of urea groups is 1. The van der Waals surface area contributed by atoms with Crippen molar-refractivity contribution in [1.29, 1.82) is 0 Å². The van der Waals surface area contributed by atoms with Gasteiger partial charge in [-0.15, -0.1) is 0 Å². The Kier molecular flexibility index (Phi) is 5.84. The Morgan fingerprint density at radius 3 is 2.65 bits per heavy atom. The van der Waals surface area contributed by atoms with Crippen LogP contribution in [0.1, 0.15) is 38.8 Å². The number of nitrogens with zero attached hydrogens (tertiary/aromatic N) is 1. The molecule has 0 bridgehead atoms. The highest BCUT2D eigenvalue weighted by Gasteiger charge is 2.21. The van der Waals surface area contributed by atoms with Crippen molar-refractivity contribution in [2.24, 2.45) is 0 Å². The van der Waals surface area contributed by atoms with Crippen molar-refractivity contribution in [3.05, 3.63) is 34.9 Å². The van der Waals surface area contributed by atoms with Gasteiger partial charge >= 0.3 is 6.03 Å². The summed E-state index contributed by atoms with van der Waals surface area (Å²) < 4.78 is 0. The summed E-state index contributed by atoms with van der Waals surface area (Å²) >= 11 is 5.98. The lowest BCUT2D eigenvalue weighted by molar-refractivity contribution is 0.0527. The third-order valence-corrected chi connectivity index (χ3v) is 3.16. The van der Waals surface area contributed by atoms with Gasteiger partial charge in [0.1, 0.15) is 0 Å². The van der Waals surface area contributed by atoms with E-state index in [0.717, 1.165) is 12.0 Å². The third kappa shape index (κ3) is 5.39. The Morgan fingerprint density at radius 1 is 1.50 bits per heavy atom. The maximum absolute atomic E-state index is 12.1. The van der Waals surface area contributed by atoms with E-state index >= 15 is 0 Å². The van der Waals surface area contributed by atoms with Gasteiger partial charge in [-0.2, -0.15) is 0 Å². The first-order valence-corrected chi connectivity index (χ1v) is 7.10. The van der Waals surface area contributed by atoms with Gasteiger partial charge in [0.15, 0.2) is 0 Å². The summed E-state index contributed by atoms with van der Waals surface area (Å²) in [7, 11) is 1.66. The van der Waals surface area contributed by atoms with Crippen LogP contribution in [-0.2, 0) is 0 Å². The number of hydrogen-bond donors (Lipinski definition) is 2. The molecule has 0 spiro atoms. The van der Waals surface area contributed by atoms with Gasteiger partial charge in [0.2, 0.25) is 0 Å². The SMILES string of the molecule is CCC(NC(=O)N(C)CC(C)(C)O)c1cccc(Cl)c1. The van der Waals surface area contributed by atoms with Gasteiger partial charge in [-0.25, -0.2) is 4.79 Å². The molecule has 0 aliphatic heterocycles. The molecule has 2 amide bonds. The Bertz CT molecular complexity index is 457. The van der Waals surface area contributed by atoms with Gasteiger partial charge in [0.05, 0.1) is 18.2 Å². The first-order valence-electron chi connectivity index (χ1n) is 6.72. The number of aliphatic hydroxyl groups is 1. The fourth-order valence-corrected chi connectivity index (χ4v) is 2.25. The minimum Gasteiger partial charge on any atom is -0.389 e. The van der Waals surface area contributed by atoms with E-state index in [9.17, 15) is 9.90 Å². The predicted molar refractivity (Wildman–Crippen MR) is 81.9 cm³/mol. The van der Waals surface area contributed by atoms with Gasteiger partial charge < -0.3 is 15.3 Å². The number of amides is 2. The number of benzene rings is 1. The van der Waals surface area contributed by atoms with E-state index in [4.69, 9.17) is 11.6 Å². The van der Waals surface area contributed by atoms with Gasteiger partial charge in [-0.3, -0.25) is 0 Å². The highest BCUT2D eigenvalue weighted by molar-refractivity contribution is 6.30. The van der Waals surface area contributed by atoms with E-state index in [2.05, 4.69) is 5.32 Å². The van der Waals surface area contributed by atoms with Crippen molar-refractivity contribution in [3.63, 3.8) is 0 Å². The second kappa shape index (κ2) is 6.95. The first kappa shape index (κ1) is 16.8. The fourth-order valence-electron chi connectivity index (χ4n) is 2.06. The van der Waals surface area contributed by atoms with Crippen LogP contribution >= 0.6 is 11.6 Å². The minimum absolute atomic E-state index is 0.0922. The summed E-state index contributed by atoms with van der Waals surface area (Å²) in [5.41, 5.74) is 0.0640. The number of hydrogen-bond acceptors (Lipinski definition) is 2. The summed E-state index contributed by atoms with van der Waals surface area (Å²) in [6.07, 6.45) is 0.766. The van der Waals surface area contributed by atoms with Crippen molar-refractivity contribution >= 4 is 17.6 Å². The second-order valence-corrected chi connectivity index (χ2v) is 6.07. The Balaban J connectivity index is 2.71. The van der Waals surface area contributed by atoms with Crippen LogP contribution in [0.2, 0.25) is 5.02 Å². The summed E-state index contributed by atoms with van der Waals surface area (Å²) in [6, 6.07) is 7.17. The monoisotopic (exact) mass is 298 g/mol. The molecule has 0 aromatic heterocycles. The van der Waals surface area contributed by atoms with E-state index in [0.29, 0.717) is 5.02 Å². The maximum atomic E-state index is 12.1. The molecule has 4 nitrogen and oxygen atoms in total. The van der Waals surface area contributed by atoms with Crippen molar-refractivity contribution in [2.45, 2.75) is 38.8 Å². The molecule has 0 saturated heterocycles. The van der Waals surface area contributed by atoms with Crippen molar-refractivity contribution in [1.82, 2.24) is 10.2 Å². The second-order valence-electron chi connectivity index (χ2n) is 5.63. The molecule has 0 radical (unpaired) electrons. The standard InChI is InChI=1S/C15H23ClN2O2/c1-5-13(11-7-6-8-12(16)9-11)17-14(19)18(4)10-15(2,3)20/h6-9,13,20H,5,10H2,1-4H3,(H,17,19). The molecule has 2 N–H and O–H groups in total. The molecule has 1 aromatic carbocycles. The van der Waals surface area contributed by atoms with Gasteiger partial charge in [-0.1, -0.05) is 30.7 Å². The van der Waals surface area contributed by atoms with E-state index in [1.807, 2.05) is 25.1 Å². The zero-order valence-corrected chi connectivity index (χ0v) is 13.2. The normalized spacial score (nSPS) is 12.9. The lowest BCUT2D eigenvalue weighted by Gasteiger charge is -2.28. The van der Waals surface area contributed by atoms with Crippen LogP contribution in [0.15, 0.2) is 24.3 Å². The van der Waals surface area contributed by atoms with E-state index < -0.39 is 5.60 Å². The maximum Gasteiger partial charge on any atom is 0.317 e. The molecule has 1 unspecified atom stereocenters. The predicted octanol–water partition coefficient (Wildman–Crippen LogP) is 3.20. The molecule has 1 aromatic rings. The Hall–Kier alpha value is -1.26. The minimum atomic E-state index is -0.913. The largest absolute Gasteiger partial charge is 0.389 e. The number of halogens is 1. The van der Waals surface area contributed by atoms with Gasteiger partial charge in [0.25, 0.3) is 0 Å². The van der Waals surface area contributed by atoms with Gasteiger partial charge in [-0.05, 0) is 38.0 Å². The Morgan fingerprint density at radius 2 is 2.15 bits per heavy atom.